The Morgan fingerprint density at radius 1 is 0.862 bits per heavy atom. The highest BCUT2D eigenvalue weighted by molar-refractivity contribution is 7.05. The third kappa shape index (κ3) is 8.49. The topological polar surface area (TPSA) is 78.6 Å². The number of benzene rings is 1. The second kappa shape index (κ2) is 13.5. The summed E-state index contributed by atoms with van der Waals surface area (Å²) in [6.45, 7) is 11.8. The third-order valence-electron chi connectivity index (χ3n) is 2.95. The number of aryl methyl sites for hydroxylation is 3. The molecule has 3 aromatic heterocycles. The van der Waals surface area contributed by atoms with Gasteiger partial charge in [-0.2, -0.15) is 14.5 Å². The molecular formula is C20H28N6OS2. The number of ether oxygens (including phenoxy) is 1. The smallest absolute Gasteiger partial charge is 0.334 e. The number of hydrogen-bond donors (Lipinski definition) is 0. The summed E-state index contributed by atoms with van der Waals surface area (Å²) < 4.78 is 15.3. The van der Waals surface area contributed by atoms with Crippen LogP contribution in [-0.4, -0.2) is 28.5 Å². The molecule has 0 bridgehead atoms. The van der Waals surface area contributed by atoms with Crippen LogP contribution in [0.1, 0.15) is 37.7 Å². The minimum atomic E-state index is 0.425. The Morgan fingerprint density at radius 3 is 1.97 bits per heavy atom. The Morgan fingerprint density at radius 2 is 1.48 bits per heavy atom. The normalized spacial score (nSPS) is 9.21. The van der Waals surface area contributed by atoms with Gasteiger partial charge in [-0.05, 0) is 49.0 Å². The van der Waals surface area contributed by atoms with Gasteiger partial charge in [0, 0.05) is 13.2 Å². The van der Waals surface area contributed by atoms with Crippen molar-refractivity contribution in [2.45, 2.75) is 41.5 Å². The molecule has 29 heavy (non-hydrogen) atoms. The fourth-order valence-electron chi connectivity index (χ4n) is 1.87. The molecule has 156 valence electrons. The summed E-state index contributed by atoms with van der Waals surface area (Å²) in [5.74, 6) is 1.53. The minimum absolute atomic E-state index is 0.425. The molecule has 0 N–H and O–H groups in total. The van der Waals surface area contributed by atoms with Crippen molar-refractivity contribution in [3.05, 3.63) is 52.7 Å². The monoisotopic (exact) mass is 432 g/mol. The van der Waals surface area contributed by atoms with Gasteiger partial charge in [-0.1, -0.05) is 45.9 Å². The van der Waals surface area contributed by atoms with E-state index in [2.05, 4.69) is 23.8 Å². The van der Waals surface area contributed by atoms with E-state index < -0.39 is 0 Å². The molecule has 0 aliphatic carbocycles. The van der Waals surface area contributed by atoms with Gasteiger partial charge in [-0.15, -0.1) is 4.37 Å². The van der Waals surface area contributed by atoms with Gasteiger partial charge in [0.2, 0.25) is 0 Å². The maximum atomic E-state index is 5.39. The third-order valence-corrected chi connectivity index (χ3v) is 4.17. The van der Waals surface area contributed by atoms with E-state index >= 15 is 0 Å². The van der Waals surface area contributed by atoms with Gasteiger partial charge in [-0.3, -0.25) is 4.68 Å². The zero-order valence-corrected chi connectivity index (χ0v) is 19.6. The zero-order chi connectivity index (χ0) is 21.6. The molecule has 0 atom stereocenters. The van der Waals surface area contributed by atoms with Crippen molar-refractivity contribution >= 4 is 23.1 Å². The van der Waals surface area contributed by atoms with Crippen LogP contribution in [0.3, 0.4) is 0 Å². The van der Waals surface area contributed by atoms with Crippen molar-refractivity contribution in [2.24, 2.45) is 7.05 Å². The summed E-state index contributed by atoms with van der Waals surface area (Å²) in [6.07, 6.45) is 3.67. The molecule has 0 unspecified atom stereocenters. The average Bonchev–Trinajstić information content (AvgIpc) is 3.48. The molecule has 1 aromatic carbocycles. The number of hydrogen-bond acceptors (Lipinski definition) is 8. The molecule has 0 fully saturated rings. The Labute approximate surface area is 180 Å². The van der Waals surface area contributed by atoms with E-state index in [1.807, 2.05) is 85.1 Å². The zero-order valence-electron chi connectivity index (χ0n) is 17.9. The Bertz CT molecular complexity index is 895. The molecule has 0 saturated carbocycles. The van der Waals surface area contributed by atoms with Crippen LogP contribution >= 0.6 is 23.1 Å². The summed E-state index contributed by atoms with van der Waals surface area (Å²) in [5.41, 5.74) is 0.974. The molecule has 0 amide bonds. The second-order valence-corrected chi connectivity index (χ2v) is 6.96. The predicted molar refractivity (Wildman–Crippen MR) is 121 cm³/mol. The van der Waals surface area contributed by atoms with Crippen molar-refractivity contribution in [1.29, 1.82) is 0 Å². The second-order valence-electron chi connectivity index (χ2n) is 5.05. The molecule has 7 nitrogen and oxygen atoms in total. The highest BCUT2D eigenvalue weighted by atomic mass is 32.1. The van der Waals surface area contributed by atoms with Crippen molar-refractivity contribution in [2.75, 3.05) is 0 Å². The molecule has 0 saturated heterocycles. The summed E-state index contributed by atoms with van der Waals surface area (Å²) in [5, 5.41) is 5.93. The summed E-state index contributed by atoms with van der Waals surface area (Å²) in [4.78, 5) is 8.34. The van der Waals surface area contributed by atoms with Crippen LogP contribution in [-0.2, 0) is 7.05 Å². The number of aromatic nitrogens is 6. The molecule has 0 radical (unpaired) electrons. The van der Waals surface area contributed by atoms with Gasteiger partial charge < -0.3 is 4.74 Å². The lowest BCUT2D eigenvalue weighted by Gasteiger charge is -1.97. The lowest BCUT2D eigenvalue weighted by atomic mass is 10.3. The molecule has 4 rings (SSSR count). The first kappa shape index (κ1) is 24.4. The van der Waals surface area contributed by atoms with Gasteiger partial charge in [-0.25, -0.2) is 4.98 Å². The number of nitrogens with zero attached hydrogens (tertiary/aromatic N) is 6. The summed E-state index contributed by atoms with van der Waals surface area (Å²) >= 11 is 2.75. The van der Waals surface area contributed by atoms with Crippen molar-refractivity contribution in [1.82, 2.24) is 28.5 Å². The molecule has 3 heterocycles. The highest BCUT2D eigenvalue weighted by Gasteiger charge is 2.05. The van der Waals surface area contributed by atoms with E-state index in [4.69, 9.17) is 4.74 Å². The molecular weight excluding hydrogens is 404 g/mol. The number of para-hydroxylation sites is 1. The van der Waals surface area contributed by atoms with Crippen molar-refractivity contribution < 1.29 is 4.74 Å². The van der Waals surface area contributed by atoms with Crippen LogP contribution in [0.15, 0.2) is 42.7 Å². The van der Waals surface area contributed by atoms with Crippen LogP contribution in [0.5, 0.6) is 11.8 Å². The standard InChI is InChI=1S/C9H8N2OS.C7H8N4S.2C2H6/c1-7-10-9(11-13-7)12-8-5-3-2-4-6-8;1-5-9-7(10-12-5)6-3-8-11(2)4-6;2*1-2/h2-6H,1H3;3-4H,1-2H3;2*1-2H3. The van der Waals surface area contributed by atoms with Gasteiger partial charge in [0.1, 0.15) is 15.8 Å². The molecule has 0 aliphatic rings. The minimum Gasteiger partial charge on any atom is -0.424 e. The van der Waals surface area contributed by atoms with Gasteiger partial charge >= 0.3 is 6.01 Å². The van der Waals surface area contributed by atoms with Crippen LogP contribution in [0.25, 0.3) is 11.4 Å². The first-order chi connectivity index (χ1) is 14.1. The maximum absolute atomic E-state index is 5.39. The van der Waals surface area contributed by atoms with Gasteiger partial charge in [0.15, 0.2) is 5.82 Å². The van der Waals surface area contributed by atoms with Gasteiger partial charge in [0.05, 0.1) is 11.8 Å². The van der Waals surface area contributed by atoms with Crippen LogP contribution in [0, 0.1) is 13.8 Å². The lowest BCUT2D eigenvalue weighted by Crippen LogP contribution is -1.84. The fourth-order valence-corrected chi connectivity index (χ4v) is 2.77. The molecule has 9 heteroatoms. The van der Waals surface area contributed by atoms with E-state index in [1.54, 1.807) is 10.9 Å². The highest BCUT2D eigenvalue weighted by Crippen LogP contribution is 2.18. The van der Waals surface area contributed by atoms with E-state index in [0.717, 1.165) is 27.2 Å². The van der Waals surface area contributed by atoms with Crippen LogP contribution < -0.4 is 4.74 Å². The predicted octanol–water partition coefficient (Wildman–Crippen LogP) is 5.94. The van der Waals surface area contributed by atoms with E-state index in [0.29, 0.717) is 6.01 Å². The van der Waals surface area contributed by atoms with Gasteiger partial charge in [0.25, 0.3) is 0 Å². The molecule has 4 aromatic rings. The first-order valence-electron chi connectivity index (χ1n) is 9.42. The average molecular weight is 433 g/mol. The van der Waals surface area contributed by atoms with Crippen LogP contribution in [0.2, 0.25) is 0 Å². The quantitative estimate of drug-likeness (QED) is 0.399. The Kier molecular flexibility index (Phi) is 11.4. The molecule has 0 spiro atoms. The summed E-state index contributed by atoms with van der Waals surface area (Å²) in [6, 6.07) is 9.93. The van der Waals surface area contributed by atoms with Crippen molar-refractivity contribution in [3.63, 3.8) is 0 Å². The summed E-state index contributed by atoms with van der Waals surface area (Å²) in [7, 11) is 1.88. The van der Waals surface area contributed by atoms with E-state index in [9.17, 15) is 0 Å². The van der Waals surface area contributed by atoms with Crippen molar-refractivity contribution in [3.8, 4) is 23.1 Å². The molecule has 0 aliphatic heterocycles. The Balaban J connectivity index is 0.000000248. The fraction of sp³-hybridized carbons (Fsp3) is 0.350. The largest absolute Gasteiger partial charge is 0.424 e. The van der Waals surface area contributed by atoms with E-state index in [1.165, 1.54) is 23.1 Å². The number of rotatable bonds is 3. The maximum Gasteiger partial charge on any atom is 0.334 e. The SMILES string of the molecule is CC.CC.Cc1nc(-c2cnn(C)c2)ns1.Cc1nc(Oc2ccccc2)ns1. The van der Waals surface area contributed by atoms with E-state index in [-0.39, 0.29) is 0 Å². The van der Waals surface area contributed by atoms with Crippen LogP contribution in [0.4, 0.5) is 0 Å². The lowest BCUT2D eigenvalue weighted by molar-refractivity contribution is 0.449. The first-order valence-corrected chi connectivity index (χ1v) is 11.0. The Hall–Kier alpha value is -2.65.